The van der Waals surface area contributed by atoms with Gasteiger partial charge in [-0.3, -0.25) is 14.4 Å². The smallest absolute Gasteiger partial charge is 0.317 e. The van der Waals surface area contributed by atoms with Crippen molar-refractivity contribution in [1.82, 2.24) is 14.7 Å². The lowest BCUT2D eigenvalue weighted by atomic mass is 10.2. The van der Waals surface area contributed by atoms with Crippen LogP contribution in [0.15, 0.2) is 12.4 Å². The predicted octanol–water partition coefficient (Wildman–Crippen LogP) is 1.15. The van der Waals surface area contributed by atoms with Gasteiger partial charge in [-0.25, -0.2) is 0 Å². The first-order valence-electron chi connectivity index (χ1n) is 5.96. The Morgan fingerprint density at radius 3 is 2.82 bits per heavy atom. The average molecular weight is 239 g/mol. The molecular weight excluding hydrogens is 218 g/mol. The summed E-state index contributed by atoms with van der Waals surface area (Å²) in [6, 6.07) is 0.294. The van der Waals surface area contributed by atoms with Crippen LogP contribution in [0.3, 0.4) is 0 Å². The summed E-state index contributed by atoms with van der Waals surface area (Å²) >= 11 is 0. The van der Waals surface area contributed by atoms with Gasteiger partial charge in [0.05, 0.1) is 12.7 Å². The van der Waals surface area contributed by atoms with Gasteiger partial charge in [-0.05, 0) is 25.3 Å². The Morgan fingerprint density at radius 1 is 1.65 bits per heavy atom. The van der Waals surface area contributed by atoms with E-state index in [-0.39, 0.29) is 6.54 Å². The van der Waals surface area contributed by atoms with Gasteiger partial charge in [0, 0.05) is 25.8 Å². The number of rotatable bonds is 7. The van der Waals surface area contributed by atoms with E-state index in [1.54, 1.807) is 4.68 Å². The second-order valence-corrected chi connectivity index (χ2v) is 4.39. The molecule has 0 saturated heterocycles. The van der Waals surface area contributed by atoms with E-state index < -0.39 is 5.97 Å². The number of hydrogen-bond donors (Lipinski definition) is 1. The third-order valence-corrected chi connectivity index (χ3v) is 3.00. The van der Waals surface area contributed by atoms with E-state index in [2.05, 4.69) is 18.9 Å². The molecule has 1 heterocycles. The van der Waals surface area contributed by atoms with Crippen LogP contribution in [0.1, 0.15) is 25.8 Å². The van der Waals surface area contributed by atoms with Crippen LogP contribution in [0.2, 0.25) is 0 Å². The third kappa shape index (κ3) is 4.56. The number of nitrogens with zero attached hydrogens (tertiary/aromatic N) is 3. The lowest BCUT2D eigenvalue weighted by molar-refractivity contribution is -0.138. The van der Waals surface area contributed by atoms with Crippen molar-refractivity contribution in [3.8, 4) is 0 Å². The Kier molecular flexibility index (Phi) is 5.15. The van der Waals surface area contributed by atoms with Crippen molar-refractivity contribution >= 4 is 5.97 Å². The van der Waals surface area contributed by atoms with Crippen molar-refractivity contribution in [3.05, 3.63) is 18.0 Å². The van der Waals surface area contributed by atoms with E-state index >= 15 is 0 Å². The molecule has 1 rings (SSSR count). The molecule has 0 radical (unpaired) electrons. The number of aromatic nitrogens is 2. The largest absolute Gasteiger partial charge is 0.480 e. The van der Waals surface area contributed by atoms with E-state index in [9.17, 15) is 4.79 Å². The highest BCUT2D eigenvalue weighted by atomic mass is 16.4. The van der Waals surface area contributed by atoms with E-state index in [1.807, 2.05) is 24.3 Å². The van der Waals surface area contributed by atoms with Crippen molar-refractivity contribution in [3.63, 3.8) is 0 Å². The van der Waals surface area contributed by atoms with Gasteiger partial charge in [0.2, 0.25) is 0 Å². The second-order valence-electron chi connectivity index (χ2n) is 4.39. The zero-order chi connectivity index (χ0) is 12.8. The summed E-state index contributed by atoms with van der Waals surface area (Å²) in [5.74, 6) is -0.767. The predicted molar refractivity (Wildman–Crippen MR) is 65.9 cm³/mol. The maximum absolute atomic E-state index is 10.8. The van der Waals surface area contributed by atoms with Crippen LogP contribution < -0.4 is 0 Å². The summed E-state index contributed by atoms with van der Waals surface area (Å²) in [7, 11) is 1.88. The highest BCUT2D eigenvalue weighted by Gasteiger charge is 2.15. The summed E-state index contributed by atoms with van der Waals surface area (Å²) in [6.07, 6.45) is 5.59. The van der Waals surface area contributed by atoms with Crippen molar-refractivity contribution in [2.75, 3.05) is 13.1 Å². The van der Waals surface area contributed by atoms with Crippen LogP contribution in [0, 0.1) is 0 Å². The lowest BCUT2D eigenvalue weighted by Crippen LogP contribution is -2.38. The van der Waals surface area contributed by atoms with Gasteiger partial charge in [0.1, 0.15) is 0 Å². The molecule has 96 valence electrons. The second kappa shape index (κ2) is 6.39. The monoisotopic (exact) mass is 239 g/mol. The average Bonchev–Trinajstić information content (AvgIpc) is 2.68. The molecule has 1 unspecified atom stereocenters. The fourth-order valence-corrected chi connectivity index (χ4v) is 1.76. The minimum atomic E-state index is -0.767. The lowest BCUT2D eigenvalue weighted by Gasteiger charge is -2.26. The van der Waals surface area contributed by atoms with Crippen LogP contribution in [0.25, 0.3) is 0 Å². The van der Waals surface area contributed by atoms with E-state index in [1.165, 1.54) is 0 Å². The highest BCUT2D eigenvalue weighted by Crippen LogP contribution is 2.06. The summed E-state index contributed by atoms with van der Waals surface area (Å²) in [6.45, 7) is 5.00. The van der Waals surface area contributed by atoms with E-state index in [0.29, 0.717) is 6.04 Å². The van der Waals surface area contributed by atoms with Crippen molar-refractivity contribution < 1.29 is 9.90 Å². The molecule has 0 aliphatic rings. The Bertz CT molecular complexity index is 362. The van der Waals surface area contributed by atoms with Crippen LogP contribution >= 0.6 is 0 Å². The first-order valence-corrected chi connectivity index (χ1v) is 5.96. The molecule has 0 aliphatic heterocycles. The number of carboxylic acids is 1. The highest BCUT2D eigenvalue weighted by molar-refractivity contribution is 5.69. The molecule has 5 nitrogen and oxygen atoms in total. The maximum atomic E-state index is 10.8. The summed E-state index contributed by atoms with van der Waals surface area (Å²) < 4.78 is 1.76. The molecule has 0 spiro atoms. The molecule has 1 aromatic heterocycles. The zero-order valence-electron chi connectivity index (χ0n) is 10.8. The van der Waals surface area contributed by atoms with Gasteiger partial charge >= 0.3 is 5.97 Å². The van der Waals surface area contributed by atoms with Crippen molar-refractivity contribution in [2.24, 2.45) is 7.05 Å². The van der Waals surface area contributed by atoms with E-state index in [0.717, 1.165) is 24.9 Å². The molecule has 1 N–H and O–H groups in total. The summed E-state index contributed by atoms with van der Waals surface area (Å²) in [5, 5.41) is 13.0. The topological polar surface area (TPSA) is 58.4 Å². The molecule has 0 aliphatic carbocycles. The molecule has 0 amide bonds. The first-order chi connectivity index (χ1) is 8.02. The Labute approximate surface area is 102 Å². The standard InChI is InChI=1S/C12H21N3O2/c1-4-10(2)15(9-12(16)17)6-5-11-7-13-14(3)8-11/h7-8,10H,4-6,9H2,1-3H3,(H,16,17). The molecule has 17 heavy (non-hydrogen) atoms. The maximum Gasteiger partial charge on any atom is 0.317 e. The number of carbonyl (C=O) groups is 1. The number of aryl methyl sites for hydroxylation is 1. The molecule has 0 fully saturated rings. The molecule has 1 atom stereocenters. The number of aliphatic carboxylic acids is 1. The van der Waals surface area contributed by atoms with Crippen LogP contribution in [0.5, 0.6) is 0 Å². The molecule has 1 aromatic rings. The van der Waals surface area contributed by atoms with Gasteiger partial charge in [0.15, 0.2) is 0 Å². The summed E-state index contributed by atoms with van der Waals surface area (Å²) in [5.41, 5.74) is 1.14. The Morgan fingerprint density at radius 2 is 2.35 bits per heavy atom. The molecule has 0 saturated carbocycles. The normalized spacial score (nSPS) is 12.9. The van der Waals surface area contributed by atoms with Gasteiger partial charge in [-0.15, -0.1) is 0 Å². The van der Waals surface area contributed by atoms with Gasteiger partial charge in [0.25, 0.3) is 0 Å². The van der Waals surface area contributed by atoms with Crippen LogP contribution in [-0.4, -0.2) is 44.9 Å². The fourth-order valence-electron chi connectivity index (χ4n) is 1.76. The quantitative estimate of drug-likeness (QED) is 0.775. The SMILES string of the molecule is CCC(C)N(CCc1cnn(C)c1)CC(=O)O. The fraction of sp³-hybridized carbons (Fsp3) is 0.667. The van der Waals surface area contributed by atoms with Crippen LogP contribution in [0.4, 0.5) is 0 Å². The third-order valence-electron chi connectivity index (χ3n) is 3.00. The molecule has 5 heteroatoms. The Hall–Kier alpha value is -1.36. The minimum absolute atomic E-state index is 0.106. The van der Waals surface area contributed by atoms with Crippen LogP contribution in [-0.2, 0) is 18.3 Å². The zero-order valence-corrected chi connectivity index (χ0v) is 10.8. The minimum Gasteiger partial charge on any atom is -0.480 e. The van der Waals surface area contributed by atoms with Gasteiger partial charge in [-0.2, -0.15) is 5.10 Å². The summed E-state index contributed by atoms with van der Waals surface area (Å²) in [4.78, 5) is 12.8. The van der Waals surface area contributed by atoms with Crippen molar-refractivity contribution in [1.29, 1.82) is 0 Å². The molecule has 0 aromatic carbocycles. The molecule has 0 bridgehead atoms. The van der Waals surface area contributed by atoms with Gasteiger partial charge in [-0.1, -0.05) is 6.92 Å². The first kappa shape index (κ1) is 13.7. The van der Waals surface area contributed by atoms with Gasteiger partial charge < -0.3 is 5.11 Å². The number of hydrogen-bond acceptors (Lipinski definition) is 3. The Balaban J connectivity index is 2.51. The van der Waals surface area contributed by atoms with E-state index in [4.69, 9.17) is 5.11 Å². The van der Waals surface area contributed by atoms with Crippen molar-refractivity contribution in [2.45, 2.75) is 32.7 Å². The number of carboxylic acid groups (broad SMARTS) is 1. The molecular formula is C12H21N3O2.